The molecule has 0 bridgehead atoms. The maximum atomic E-state index is 4.88. The van der Waals surface area contributed by atoms with E-state index in [4.69, 9.17) is 9.97 Å². The molecule has 1 fully saturated rings. The first-order valence-electron chi connectivity index (χ1n) is 8.35. The number of hydrogen-bond acceptors (Lipinski definition) is 4. The molecule has 1 aliphatic heterocycles. The highest BCUT2D eigenvalue weighted by molar-refractivity contribution is 5.45. The molecular weight excluding hydrogens is 260 g/mol. The van der Waals surface area contributed by atoms with Crippen molar-refractivity contribution in [2.24, 2.45) is 5.92 Å². The van der Waals surface area contributed by atoms with Crippen LogP contribution < -0.4 is 10.2 Å². The van der Waals surface area contributed by atoms with Crippen molar-refractivity contribution in [1.82, 2.24) is 15.3 Å². The van der Waals surface area contributed by atoms with Crippen molar-refractivity contribution in [3.8, 4) is 0 Å². The Morgan fingerprint density at radius 3 is 2.67 bits per heavy atom. The van der Waals surface area contributed by atoms with Crippen molar-refractivity contribution in [3.05, 3.63) is 17.1 Å². The molecule has 1 unspecified atom stereocenters. The summed E-state index contributed by atoms with van der Waals surface area (Å²) in [5.74, 6) is 1.73. The van der Waals surface area contributed by atoms with E-state index < -0.39 is 0 Å². The molecule has 1 aromatic rings. The number of nitrogens with zero attached hydrogens (tertiary/aromatic N) is 3. The maximum absolute atomic E-state index is 4.88. The van der Waals surface area contributed by atoms with E-state index >= 15 is 0 Å². The van der Waals surface area contributed by atoms with E-state index in [1.807, 2.05) is 0 Å². The molecule has 1 atom stereocenters. The van der Waals surface area contributed by atoms with Crippen LogP contribution in [-0.4, -0.2) is 35.6 Å². The van der Waals surface area contributed by atoms with E-state index in [9.17, 15) is 0 Å². The van der Waals surface area contributed by atoms with Crippen LogP contribution >= 0.6 is 0 Å². The Labute approximate surface area is 129 Å². The fourth-order valence-electron chi connectivity index (χ4n) is 2.94. The monoisotopic (exact) mass is 290 g/mol. The lowest BCUT2D eigenvalue weighted by Crippen LogP contribution is -2.53. The van der Waals surface area contributed by atoms with Crippen LogP contribution in [0, 0.1) is 19.8 Å². The van der Waals surface area contributed by atoms with E-state index in [1.165, 1.54) is 18.5 Å². The highest BCUT2D eigenvalue weighted by atomic mass is 15.3. The number of unbranched alkanes of at least 4 members (excludes halogenated alkanes) is 1. The molecule has 0 spiro atoms. The number of rotatable bonds is 5. The zero-order valence-electron chi connectivity index (χ0n) is 14.2. The summed E-state index contributed by atoms with van der Waals surface area (Å²) in [6.07, 6.45) is 3.44. The zero-order chi connectivity index (χ0) is 15.4. The predicted molar refractivity (Wildman–Crippen MR) is 89.0 cm³/mol. The van der Waals surface area contributed by atoms with Gasteiger partial charge in [-0.05, 0) is 32.6 Å². The zero-order valence-corrected chi connectivity index (χ0v) is 14.2. The topological polar surface area (TPSA) is 41.1 Å². The summed E-state index contributed by atoms with van der Waals surface area (Å²) in [4.78, 5) is 12.1. The first-order valence-corrected chi connectivity index (χ1v) is 8.35. The first kappa shape index (κ1) is 16.2. The summed E-state index contributed by atoms with van der Waals surface area (Å²) in [6.45, 7) is 14.1. The molecule has 4 nitrogen and oxygen atoms in total. The summed E-state index contributed by atoms with van der Waals surface area (Å²) >= 11 is 0. The molecule has 2 rings (SSSR count). The molecule has 4 heteroatoms. The van der Waals surface area contributed by atoms with Gasteiger partial charge in [-0.1, -0.05) is 27.2 Å². The number of aryl methyl sites for hydroxylation is 3. The lowest BCUT2D eigenvalue weighted by Gasteiger charge is -2.37. The van der Waals surface area contributed by atoms with E-state index in [1.54, 1.807) is 0 Å². The number of hydrogen-bond donors (Lipinski definition) is 1. The van der Waals surface area contributed by atoms with Gasteiger partial charge in [-0.15, -0.1) is 0 Å². The maximum Gasteiger partial charge on any atom is 0.150 e. The Morgan fingerprint density at radius 2 is 2.00 bits per heavy atom. The molecule has 0 radical (unpaired) electrons. The molecule has 0 aliphatic carbocycles. The van der Waals surface area contributed by atoms with Crippen LogP contribution in [0.3, 0.4) is 0 Å². The van der Waals surface area contributed by atoms with Gasteiger partial charge in [-0.3, -0.25) is 4.98 Å². The highest BCUT2D eigenvalue weighted by Gasteiger charge is 2.24. The summed E-state index contributed by atoms with van der Waals surface area (Å²) in [5, 5.41) is 3.60. The van der Waals surface area contributed by atoms with Gasteiger partial charge in [0.15, 0.2) is 0 Å². The molecule has 0 saturated carbocycles. The third-order valence-corrected chi connectivity index (χ3v) is 4.39. The molecule has 2 heterocycles. The van der Waals surface area contributed by atoms with Gasteiger partial charge in [-0.2, -0.15) is 0 Å². The van der Waals surface area contributed by atoms with Crippen LogP contribution in [0.5, 0.6) is 0 Å². The standard InChI is InChI=1S/C17H30N4/c1-6-7-8-15-13(4)20-17(14(5)19-15)21-10-9-18-16(11-21)12(2)3/h12,16,18H,6-11H2,1-5H3. The van der Waals surface area contributed by atoms with Crippen molar-refractivity contribution >= 4 is 5.82 Å². The Morgan fingerprint density at radius 1 is 1.24 bits per heavy atom. The summed E-state index contributed by atoms with van der Waals surface area (Å²) in [5.41, 5.74) is 3.36. The Bertz CT molecular complexity index is 470. The second-order valence-electron chi connectivity index (χ2n) is 6.52. The third kappa shape index (κ3) is 3.94. The van der Waals surface area contributed by atoms with Crippen LogP contribution in [0.25, 0.3) is 0 Å². The first-order chi connectivity index (χ1) is 10.0. The molecule has 21 heavy (non-hydrogen) atoms. The van der Waals surface area contributed by atoms with E-state index in [0.29, 0.717) is 12.0 Å². The van der Waals surface area contributed by atoms with Crippen LogP contribution in [0.4, 0.5) is 5.82 Å². The lowest BCUT2D eigenvalue weighted by atomic mass is 10.0. The summed E-state index contributed by atoms with van der Waals surface area (Å²) in [6, 6.07) is 0.542. The van der Waals surface area contributed by atoms with Crippen LogP contribution in [-0.2, 0) is 6.42 Å². The molecule has 1 saturated heterocycles. The minimum Gasteiger partial charge on any atom is -0.352 e. The predicted octanol–water partition coefficient (Wildman–Crippen LogP) is 2.87. The fourth-order valence-corrected chi connectivity index (χ4v) is 2.94. The molecule has 0 amide bonds. The van der Waals surface area contributed by atoms with Gasteiger partial charge in [0.05, 0.1) is 17.1 Å². The number of aromatic nitrogens is 2. The van der Waals surface area contributed by atoms with E-state index in [0.717, 1.165) is 43.3 Å². The van der Waals surface area contributed by atoms with Gasteiger partial charge >= 0.3 is 0 Å². The van der Waals surface area contributed by atoms with Crippen LogP contribution in [0.1, 0.15) is 50.7 Å². The van der Waals surface area contributed by atoms with Gasteiger partial charge in [-0.25, -0.2) is 4.98 Å². The van der Waals surface area contributed by atoms with Crippen LogP contribution in [0.15, 0.2) is 0 Å². The van der Waals surface area contributed by atoms with Gasteiger partial charge < -0.3 is 10.2 Å². The SMILES string of the molecule is CCCCc1nc(C)c(N2CCNC(C(C)C)C2)nc1C. The quantitative estimate of drug-likeness (QED) is 0.905. The van der Waals surface area contributed by atoms with Gasteiger partial charge in [0.1, 0.15) is 5.82 Å². The smallest absolute Gasteiger partial charge is 0.150 e. The van der Waals surface area contributed by atoms with E-state index in [2.05, 4.69) is 44.8 Å². The van der Waals surface area contributed by atoms with Crippen molar-refractivity contribution in [2.45, 2.75) is 59.9 Å². The molecule has 0 aromatic carbocycles. The van der Waals surface area contributed by atoms with Crippen molar-refractivity contribution in [2.75, 3.05) is 24.5 Å². The Hall–Kier alpha value is -1.16. The molecular formula is C17H30N4. The summed E-state index contributed by atoms with van der Waals surface area (Å²) < 4.78 is 0. The fraction of sp³-hybridized carbons (Fsp3) is 0.765. The minimum absolute atomic E-state index is 0.542. The van der Waals surface area contributed by atoms with Gasteiger partial charge in [0.2, 0.25) is 0 Å². The van der Waals surface area contributed by atoms with Gasteiger partial charge in [0, 0.05) is 25.7 Å². The average molecular weight is 290 g/mol. The highest BCUT2D eigenvalue weighted by Crippen LogP contribution is 2.21. The summed E-state index contributed by atoms with van der Waals surface area (Å²) in [7, 11) is 0. The molecule has 1 aromatic heterocycles. The minimum atomic E-state index is 0.542. The number of piperazine rings is 1. The van der Waals surface area contributed by atoms with Crippen molar-refractivity contribution < 1.29 is 0 Å². The number of anilines is 1. The molecule has 1 N–H and O–H groups in total. The largest absolute Gasteiger partial charge is 0.352 e. The van der Waals surface area contributed by atoms with Crippen molar-refractivity contribution in [1.29, 1.82) is 0 Å². The number of nitrogens with one attached hydrogen (secondary N) is 1. The van der Waals surface area contributed by atoms with E-state index in [-0.39, 0.29) is 0 Å². The second-order valence-corrected chi connectivity index (χ2v) is 6.52. The Balaban J connectivity index is 2.17. The van der Waals surface area contributed by atoms with Crippen molar-refractivity contribution in [3.63, 3.8) is 0 Å². The lowest BCUT2D eigenvalue weighted by molar-refractivity contribution is 0.367. The second kappa shape index (κ2) is 7.21. The van der Waals surface area contributed by atoms with Gasteiger partial charge in [0.25, 0.3) is 0 Å². The molecule has 118 valence electrons. The third-order valence-electron chi connectivity index (χ3n) is 4.39. The normalized spacial score (nSPS) is 19.3. The average Bonchev–Trinajstić information content (AvgIpc) is 2.47. The van der Waals surface area contributed by atoms with Crippen LogP contribution in [0.2, 0.25) is 0 Å². The molecule has 1 aliphatic rings. The Kier molecular flexibility index (Phi) is 5.57.